The first-order valence-electron chi connectivity index (χ1n) is 12.9. The highest BCUT2D eigenvalue weighted by Gasteiger charge is 2.36. The fourth-order valence-corrected chi connectivity index (χ4v) is 6.90. The number of carbonyl (C=O) groups excluding carboxylic acids is 2. The second kappa shape index (κ2) is 9.69. The monoisotopic (exact) mass is 492 g/mol. The molecule has 0 spiro atoms. The number of carbonyl (C=O) groups is 2. The number of piperidine rings is 1. The molecule has 3 aromatic rings. The van der Waals surface area contributed by atoms with Crippen LogP contribution in [0.15, 0.2) is 24.3 Å². The lowest BCUT2D eigenvalue weighted by atomic mass is 9.98. The first-order chi connectivity index (χ1) is 16.9. The summed E-state index contributed by atoms with van der Waals surface area (Å²) in [4.78, 5) is 37.9. The van der Waals surface area contributed by atoms with Crippen LogP contribution in [0.3, 0.4) is 0 Å². The van der Waals surface area contributed by atoms with E-state index in [0.717, 1.165) is 37.9 Å². The molecule has 1 atom stereocenters. The Kier molecular flexibility index (Phi) is 6.62. The van der Waals surface area contributed by atoms with Crippen molar-refractivity contribution in [2.24, 2.45) is 0 Å². The van der Waals surface area contributed by atoms with Crippen LogP contribution in [0.25, 0.3) is 21.5 Å². The minimum atomic E-state index is -0.129. The number of nitrogens with zero attached hydrogens (tertiary/aromatic N) is 3. The second-order valence-electron chi connectivity index (χ2n) is 10.1. The van der Waals surface area contributed by atoms with E-state index < -0.39 is 0 Å². The topological polar surface area (TPSA) is 59.7 Å². The molecule has 1 N–H and O–H groups in total. The molecule has 0 aliphatic carbocycles. The number of aromatic nitrogens is 1. The van der Waals surface area contributed by atoms with E-state index in [1.165, 1.54) is 37.5 Å². The van der Waals surface area contributed by atoms with E-state index in [0.29, 0.717) is 26.2 Å². The number of piperazine rings is 1. The van der Waals surface area contributed by atoms with Gasteiger partial charge in [-0.3, -0.25) is 9.59 Å². The Labute approximate surface area is 211 Å². The summed E-state index contributed by atoms with van der Waals surface area (Å²) in [6, 6.07) is 8.83. The fourth-order valence-electron chi connectivity index (χ4n) is 5.76. The number of amides is 2. The molecule has 4 heterocycles. The van der Waals surface area contributed by atoms with Gasteiger partial charge in [-0.05, 0) is 63.3 Å². The number of hydrogen-bond acceptors (Lipinski definition) is 4. The predicted octanol–water partition coefficient (Wildman–Crippen LogP) is 5.13. The van der Waals surface area contributed by atoms with Gasteiger partial charge in [0.25, 0.3) is 0 Å². The zero-order valence-electron chi connectivity index (χ0n) is 21.3. The maximum Gasteiger partial charge on any atom is 0.245 e. The van der Waals surface area contributed by atoms with Gasteiger partial charge in [0.05, 0.1) is 5.69 Å². The van der Waals surface area contributed by atoms with E-state index >= 15 is 0 Å². The van der Waals surface area contributed by atoms with Gasteiger partial charge in [-0.1, -0.05) is 24.1 Å². The average Bonchev–Trinajstić information content (AvgIpc) is 3.41. The number of thiophene rings is 1. The molecular formula is C28H36N4O2S. The van der Waals surface area contributed by atoms with Crippen molar-refractivity contribution in [3.05, 3.63) is 40.3 Å². The zero-order chi connectivity index (χ0) is 24.7. The van der Waals surface area contributed by atoms with Gasteiger partial charge in [0.15, 0.2) is 0 Å². The Bertz CT molecular complexity index is 1230. The molecule has 1 unspecified atom stereocenters. The molecule has 5 rings (SSSR count). The second-order valence-corrected chi connectivity index (χ2v) is 11.2. The van der Waals surface area contributed by atoms with Gasteiger partial charge in [-0.2, -0.15) is 0 Å². The first-order valence-corrected chi connectivity index (χ1v) is 13.7. The highest BCUT2D eigenvalue weighted by molar-refractivity contribution is 7.19. The Morgan fingerprint density at radius 2 is 1.66 bits per heavy atom. The van der Waals surface area contributed by atoms with Gasteiger partial charge in [0.2, 0.25) is 11.8 Å². The van der Waals surface area contributed by atoms with Gasteiger partial charge < -0.3 is 19.7 Å². The fraction of sp³-hybridized carbons (Fsp3) is 0.500. The number of nitrogens with one attached hydrogen (secondary N) is 1. The molecular weight excluding hydrogens is 456 g/mol. The molecule has 186 valence electrons. The molecule has 1 aromatic carbocycles. The molecule has 2 aromatic heterocycles. The van der Waals surface area contributed by atoms with Gasteiger partial charge in [-0.25, -0.2) is 0 Å². The highest BCUT2D eigenvalue weighted by Crippen LogP contribution is 2.43. The summed E-state index contributed by atoms with van der Waals surface area (Å²) in [6.45, 7) is 11.5. The van der Waals surface area contributed by atoms with Crippen molar-refractivity contribution in [3.8, 4) is 11.3 Å². The largest absolute Gasteiger partial charge is 0.358 e. The lowest BCUT2D eigenvalue weighted by molar-refractivity contribution is -0.139. The maximum atomic E-state index is 13.7. The molecule has 7 heteroatoms. The van der Waals surface area contributed by atoms with Crippen LogP contribution in [-0.4, -0.2) is 65.4 Å². The third-order valence-electron chi connectivity index (χ3n) is 7.49. The number of H-pyrrole nitrogens is 1. The Balaban J connectivity index is 1.48. The molecule has 2 amide bonds. The van der Waals surface area contributed by atoms with E-state index in [4.69, 9.17) is 0 Å². The maximum absolute atomic E-state index is 13.7. The van der Waals surface area contributed by atoms with Gasteiger partial charge >= 0.3 is 0 Å². The van der Waals surface area contributed by atoms with Crippen LogP contribution in [0.1, 0.15) is 49.1 Å². The Morgan fingerprint density at radius 3 is 2.31 bits per heavy atom. The SMILES string of the molecule is CCc1sc2[nH]c(-c3cc(C)cc(C)c3)cc2c1N1CCCCC1C(=O)N1CCN(C(C)=O)CC1. The average molecular weight is 493 g/mol. The van der Waals surface area contributed by atoms with Crippen molar-refractivity contribution in [1.29, 1.82) is 0 Å². The zero-order valence-corrected chi connectivity index (χ0v) is 22.1. The first kappa shape index (κ1) is 23.9. The van der Waals surface area contributed by atoms with E-state index in [9.17, 15) is 9.59 Å². The molecule has 0 bridgehead atoms. The quantitative estimate of drug-likeness (QED) is 0.550. The van der Waals surface area contributed by atoms with Crippen molar-refractivity contribution in [2.75, 3.05) is 37.6 Å². The number of rotatable bonds is 4. The molecule has 0 saturated carbocycles. The van der Waals surface area contributed by atoms with Gasteiger partial charge in [0, 0.05) is 55.6 Å². The summed E-state index contributed by atoms with van der Waals surface area (Å²) in [5.74, 6) is 0.316. The molecule has 35 heavy (non-hydrogen) atoms. The van der Waals surface area contributed by atoms with Gasteiger partial charge in [0.1, 0.15) is 10.9 Å². The molecule has 2 aliphatic rings. The van der Waals surface area contributed by atoms with Gasteiger partial charge in [-0.15, -0.1) is 11.3 Å². The summed E-state index contributed by atoms with van der Waals surface area (Å²) in [5.41, 5.74) is 6.13. The number of hydrogen-bond donors (Lipinski definition) is 1. The van der Waals surface area contributed by atoms with E-state index in [1.807, 2.05) is 21.1 Å². The van der Waals surface area contributed by atoms with E-state index in [1.54, 1.807) is 6.92 Å². The summed E-state index contributed by atoms with van der Waals surface area (Å²) in [7, 11) is 0. The van der Waals surface area contributed by atoms with Crippen molar-refractivity contribution in [1.82, 2.24) is 14.8 Å². The normalized spacial score (nSPS) is 19.0. The summed E-state index contributed by atoms with van der Waals surface area (Å²) >= 11 is 1.83. The third kappa shape index (κ3) is 4.58. The van der Waals surface area contributed by atoms with Crippen molar-refractivity contribution < 1.29 is 9.59 Å². The predicted molar refractivity (Wildman–Crippen MR) is 144 cm³/mol. The van der Waals surface area contributed by atoms with Crippen molar-refractivity contribution in [2.45, 2.75) is 59.4 Å². The number of aryl methyl sites for hydroxylation is 3. The Hall–Kier alpha value is -2.80. The van der Waals surface area contributed by atoms with Crippen LogP contribution in [-0.2, 0) is 16.0 Å². The van der Waals surface area contributed by atoms with Crippen molar-refractivity contribution in [3.63, 3.8) is 0 Å². The third-order valence-corrected chi connectivity index (χ3v) is 8.75. The molecule has 0 radical (unpaired) electrons. The summed E-state index contributed by atoms with van der Waals surface area (Å²) in [5, 5.41) is 1.24. The number of aromatic amines is 1. The Morgan fingerprint density at radius 1 is 0.971 bits per heavy atom. The molecule has 2 fully saturated rings. The van der Waals surface area contributed by atoms with Crippen LogP contribution < -0.4 is 4.90 Å². The minimum absolute atomic E-state index is 0.0942. The van der Waals surface area contributed by atoms with Crippen LogP contribution in [0.5, 0.6) is 0 Å². The molecule has 6 nitrogen and oxygen atoms in total. The number of benzene rings is 1. The van der Waals surface area contributed by atoms with Crippen LogP contribution in [0, 0.1) is 13.8 Å². The minimum Gasteiger partial charge on any atom is -0.358 e. The lowest BCUT2D eigenvalue weighted by Crippen LogP contribution is -2.56. The highest BCUT2D eigenvalue weighted by atomic mass is 32.1. The smallest absolute Gasteiger partial charge is 0.245 e. The summed E-state index contributed by atoms with van der Waals surface area (Å²) in [6.07, 6.45) is 4.03. The lowest BCUT2D eigenvalue weighted by Gasteiger charge is -2.41. The van der Waals surface area contributed by atoms with Crippen LogP contribution >= 0.6 is 11.3 Å². The van der Waals surface area contributed by atoms with Crippen LogP contribution in [0.4, 0.5) is 5.69 Å². The summed E-state index contributed by atoms with van der Waals surface area (Å²) < 4.78 is 0. The van der Waals surface area contributed by atoms with Crippen LogP contribution in [0.2, 0.25) is 0 Å². The molecule has 2 saturated heterocycles. The van der Waals surface area contributed by atoms with E-state index in [2.05, 4.69) is 54.9 Å². The van der Waals surface area contributed by atoms with E-state index in [-0.39, 0.29) is 17.9 Å². The standard InChI is InChI=1S/C28H36N4O2S/c1-5-25-26(22-17-23(29-27(22)35-25)21-15-18(2)14-19(3)16-21)32-9-7-6-8-24(32)28(34)31-12-10-30(11-13-31)20(4)33/h14-17,24,29H,5-13H2,1-4H3. The molecule has 2 aliphatic heterocycles. The number of fused-ring (bicyclic) bond motifs is 1. The van der Waals surface area contributed by atoms with Crippen molar-refractivity contribution >= 4 is 39.1 Å². The number of anilines is 1.